The third-order valence-corrected chi connectivity index (χ3v) is 2.50. The molecule has 0 unspecified atom stereocenters. The molecule has 100 valence electrons. The lowest BCUT2D eigenvalue weighted by Gasteiger charge is -2.26. The highest BCUT2D eigenvalue weighted by Crippen LogP contribution is 2.15. The van der Waals surface area contributed by atoms with Gasteiger partial charge in [-0.1, -0.05) is 32.9 Å². The molecule has 1 aromatic carbocycles. The average Bonchev–Trinajstić information content (AvgIpc) is 2.27. The second kappa shape index (κ2) is 5.87. The van der Waals surface area contributed by atoms with Crippen molar-refractivity contribution in [2.24, 2.45) is 11.1 Å². The summed E-state index contributed by atoms with van der Waals surface area (Å²) in [6.45, 7) is 7.53. The maximum absolute atomic E-state index is 11.9. The fourth-order valence-corrected chi connectivity index (χ4v) is 1.73. The van der Waals surface area contributed by atoms with Gasteiger partial charge in [-0.15, -0.1) is 0 Å². The molecule has 1 aromatic rings. The highest BCUT2D eigenvalue weighted by Gasteiger charge is 2.17. The van der Waals surface area contributed by atoms with Crippen molar-refractivity contribution in [2.75, 3.05) is 18.9 Å². The number of benzene rings is 1. The molecule has 0 atom stereocenters. The predicted molar refractivity (Wildman–Crippen MR) is 75.4 cm³/mol. The molecule has 0 aliphatic rings. The van der Waals surface area contributed by atoms with Crippen molar-refractivity contribution in [3.05, 3.63) is 29.8 Å². The smallest absolute Gasteiger partial charge is 0.321 e. The van der Waals surface area contributed by atoms with Crippen LogP contribution in [-0.2, 0) is 6.54 Å². The minimum absolute atomic E-state index is 0.0922. The van der Waals surface area contributed by atoms with E-state index in [1.165, 1.54) is 0 Å². The second-order valence-electron chi connectivity index (χ2n) is 5.75. The predicted octanol–water partition coefficient (Wildman–Crippen LogP) is 2.66. The summed E-state index contributed by atoms with van der Waals surface area (Å²) in [6, 6.07) is 7.47. The molecule has 0 heterocycles. The fourth-order valence-electron chi connectivity index (χ4n) is 1.73. The Hall–Kier alpha value is -1.55. The molecule has 0 saturated carbocycles. The lowest BCUT2D eigenvalue weighted by molar-refractivity contribution is 0.201. The number of nitrogens with zero attached hydrogens (tertiary/aromatic N) is 1. The minimum atomic E-state index is -0.0922. The van der Waals surface area contributed by atoms with E-state index in [4.69, 9.17) is 5.73 Å². The maximum Gasteiger partial charge on any atom is 0.321 e. The molecule has 1 rings (SSSR count). The first-order valence-corrected chi connectivity index (χ1v) is 6.13. The van der Waals surface area contributed by atoms with Crippen LogP contribution in [-0.4, -0.2) is 24.5 Å². The van der Waals surface area contributed by atoms with Gasteiger partial charge >= 0.3 is 6.03 Å². The average molecular weight is 249 g/mol. The number of amides is 2. The van der Waals surface area contributed by atoms with Crippen LogP contribution in [0.5, 0.6) is 0 Å². The second-order valence-corrected chi connectivity index (χ2v) is 5.75. The van der Waals surface area contributed by atoms with Crippen molar-refractivity contribution in [2.45, 2.75) is 27.3 Å². The van der Waals surface area contributed by atoms with Crippen molar-refractivity contribution in [1.29, 1.82) is 0 Å². The molecule has 0 spiro atoms. The fraction of sp³-hybridized carbons (Fsp3) is 0.500. The van der Waals surface area contributed by atoms with E-state index in [2.05, 4.69) is 26.1 Å². The zero-order valence-electron chi connectivity index (χ0n) is 11.7. The third-order valence-electron chi connectivity index (χ3n) is 2.50. The largest absolute Gasteiger partial charge is 0.327 e. The zero-order valence-corrected chi connectivity index (χ0v) is 11.7. The molecule has 4 nitrogen and oxygen atoms in total. The van der Waals surface area contributed by atoms with Crippen LogP contribution < -0.4 is 11.1 Å². The molecule has 18 heavy (non-hydrogen) atoms. The van der Waals surface area contributed by atoms with Gasteiger partial charge in [0.1, 0.15) is 0 Å². The van der Waals surface area contributed by atoms with Gasteiger partial charge in [-0.25, -0.2) is 4.79 Å². The molecular formula is C14H23N3O. The van der Waals surface area contributed by atoms with Crippen LogP contribution in [0.3, 0.4) is 0 Å². The topological polar surface area (TPSA) is 58.4 Å². The first-order valence-electron chi connectivity index (χ1n) is 6.13. The van der Waals surface area contributed by atoms with Gasteiger partial charge in [0, 0.05) is 25.8 Å². The van der Waals surface area contributed by atoms with E-state index >= 15 is 0 Å². The Balaban J connectivity index is 2.58. The Kier molecular flexibility index (Phi) is 4.73. The summed E-state index contributed by atoms with van der Waals surface area (Å²) in [4.78, 5) is 13.6. The lowest BCUT2D eigenvalue weighted by atomic mass is 9.96. The zero-order chi connectivity index (χ0) is 13.8. The van der Waals surface area contributed by atoms with E-state index < -0.39 is 0 Å². The molecule has 2 amide bonds. The van der Waals surface area contributed by atoms with Gasteiger partial charge in [-0.3, -0.25) is 0 Å². The summed E-state index contributed by atoms with van der Waals surface area (Å²) in [5, 5.41) is 2.86. The molecule has 0 radical (unpaired) electrons. The van der Waals surface area contributed by atoms with Gasteiger partial charge in [-0.2, -0.15) is 0 Å². The van der Waals surface area contributed by atoms with E-state index in [1.807, 2.05) is 24.3 Å². The Morgan fingerprint density at radius 2 is 1.83 bits per heavy atom. The van der Waals surface area contributed by atoms with Crippen molar-refractivity contribution < 1.29 is 4.79 Å². The summed E-state index contributed by atoms with van der Waals surface area (Å²) >= 11 is 0. The van der Waals surface area contributed by atoms with E-state index in [9.17, 15) is 4.79 Å². The van der Waals surface area contributed by atoms with Crippen molar-refractivity contribution in [1.82, 2.24) is 4.90 Å². The number of nitrogens with two attached hydrogens (primary N) is 1. The number of urea groups is 1. The minimum Gasteiger partial charge on any atom is -0.327 e. The number of anilines is 1. The van der Waals surface area contributed by atoms with Gasteiger partial charge in [-0.05, 0) is 23.1 Å². The van der Waals surface area contributed by atoms with Gasteiger partial charge in [0.2, 0.25) is 0 Å². The Morgan fingerprint density at radius 3 is 2.28 bits per heavy atom. The van der Waals surface area contributed by atoms with Crippen LogP contribution in [0.4, 0.5) is 10.5 Å². The van der Waals surface area contributed by atoms with E-state index in [-0.39, 0.29) is 11.4 Å². The number of rotatable bonds is 3. The summed E-state index contributed by atoms with van der Waals surface area (Å²) < 4.78 is 0. The van der Waals surface area contributed by atoms with Crippen LogP contribution in [0.2, 0.25) is 0 Å². The molecule has 0 aromatic heterocycles. The van der Waals surface area contributed by atoms with E-state index in [0.717, 1.165) is 11.3 Å². The number of hydrogen-bond acceptors (Lipinski definition) is 2. The molecule has 3 N–H and O–H groups in total. The summed E-state index contributed by atoms with van der Waals surface area (Å²) in [5.74, 6) is 0. The van der Waals surface area contributed by atoms with Gasteiger partial charge in [0.15, 0.2) is 0 Å². The number of nitrogens with one attached hydrogen (secondary N) is 1. The van der Waals surface area contributed by atoms with E-state index in [1.54, 1.807) is 11.9 Å². The van der Waals surface area contributed by atoms with Crippen molar-refractivity contribution in [3.8, 4) is 0 Å². The lowest BCUT2D eigenvalue weighted by Crippen LogP contribution is -2.37. The highest BCUT2D eigenvalue weighted by atomic mass is 16.2. The Bertz CT molecular complexity index is 392. The number of hydrogen-bond donors (Lipinski definition) is 2. The molecule has 0 bridgehead atoms. The van der Waals surface area contributed by atoms with Crippen molar-refractivity contribution >= 4 is 11.7 Å². The van der Waals surface area contributed by atoms with Crippen LogP contribution >= 0.6 is 0 Å². The molecule has 0 aliphatic heterocycles. The van der Waals surface area contributed by atoms with Gasteiger partial charge in [0.05, 0.1) is 0 Å². The first-order chi connectivity index (χ1) is 8.31. The monoisotopic (exact) mass is 249 g/mol. The maximum atomic E-state index is 11.9. The molecule has 4 heteroatoms. The SMILES string of the molecule is CN(CC(C)(C)C)C(=O)Nc1ccc(CN)cc1. The molecular weight excluding hydrogens is 226 g/mol. The molecule has 0 aliphatic carbocycles. The first kappa shape index (κ1) is 14.5. The van der Waals surface area contributed by atoms with Gasteiger partial charge in [0.25, 0.3) is 0 Å². The van der Waals surface area contributed by atoms with Crippen LogP contribution in [0.25, 0.3) is 0 Å². The highest BCUT2D eigenvalue weighted by molar-refractivity contribution is 5.89. The standard InChI is InChI=1S/C14H23N3O/c1-14(2,3)10-17(4)13(18)16-12-7-5-11(9-15)6-8-12/h5-8H,9-10,15H2,1-4H3,(H,16,18). The third kappa shape index (κ3) is 4.75. The summed E-state index contributed by atoms with van der Waals surface area (Å²) in [6.07, 6.45) is 0. The van der Waals surface area contributed by atoms with Crippen LogP contribution in [0, 0.1) is 5.41 Å². The molecule has 0 saturated heterocycles. The quantitative estimate of drug-likeness (QED) is 0.865. The van der Waals surface area contributed by atoms with Crippen LogP contribution in [0.15, 0.2) is 24.3 Å². The Morgan fingerprint density at radius 1 is 1.28 bits per heavy atom. The van der Waals surface area contributed by atoms with Gasteiger partial charge < -0.3 is 16.0 Å². The van der Waals surface area contributed by atoms with Crippen molar-refractivity contribution in [3.63, 3.8) is 0 Å². The Labute approximate surface area is 109 Å². The normalized spacial score (nSPS) is 11.2. The number of carbonyl (C=O) groups excluding carboxylic acids is 1. The summed E-state index contributed by atoms with van der Waals surface area (Å²) in [5.41, 5.74) is 7.46. The molecule has 0 fully saturated rings. The summed E-state index contributed by atoms with van der Waals surface area (Å²) in [7, 11) is 1.80. The van der Waals surface area contributed by atoms with Crippen LogP contribution in [0.1, 0.15) is 26.3 Å². The number of carbonyl (C=O) groups is 1. The van der Waals surface area contributed by atoms with E-state index in [0.29, 0.717) is 13.1 Å².